The molecule has 1 amide bonds. The zero-order valence-corrected chi connectivity index (χ0v) is 20.7. The molecule has 5 rings (SSSR count). The molecule has 0 saturated carbocycles. The third kappa shape index (κ3) is 4.53. The molecule has 0 bridgehead atoms. The van der Waals surface area contributed by atoms with Crippen LogP contribution in [-0.2, 0) is 11.8 Å². The van der Waals surface area contributed by atoms with Crippen LogP contribution in [-0.4, -0.2) is 71.7 Å². The molecule has 9 nitrogen and oxygen atoms in total. The van der Waals surface area contributed by atoms with Crippen molar-refractivity contribution >= 4 is 34.3 Å². The molecule has 1 aliphatic heterocycles. The summed E-state index contributed by atoms with van der Waals surface area (Å²) in [5, 5.41) is 10.2. The van der Waals surface area contributed by atoms with Crippen LogP contribution in [0.4, 0.5) is 5.69 Å². The van der Waals surface area contributed by atoms with Crippen LogP contribution in [0, 0.1) is 0 Å². The van der Waals surface area contributed by atoms with Crippen LogP contribution in [0.1, 0.15) is 0 Å². The van der Waals surface area contributed by atoms with Crippen molar-refractivity contribution in [2.24, 2.45) is 7.05 Å². The molecule has 0 atom stereocenters. The van der Waals surface area contributed by atoms with Gasteiger partial charge in [0, 0.05) is 38.6 Å². The Morgan fingerprint density at radius 1 is 1.00 bits per heavy atom. The van der Waals surface area contributed by atoms with Crippen molar-refractivity contribution in [1.82, 2.24) is 19.7 Å². The summed E-state index contributed by atoms with van der Waals surface area (Å²) in [5.41, 5.74) is 1.73. The van der Waals surface area contributed by atoms with E-state index in [1.165, 1.54) is 11.8 Å². The van der Waals surface area contributed by atoms with Crippen molar-refractivity contribution < 1.29 is 18.7 Å². The first-order chi connectivity index (χ1) is 17.1. The molecule has 0 radical (unpaired) electrons. The Bertz CT molecular complexity index is 1340. The van der Waals surface area contributed by atoms with Gasteiger partial charge in [-0.1, -0.05) is 36.0 Å². The number of anilines is 1. The lowest BCUT2D eigenvalue weighted by atomic mass is 10.2. The number of ether oxygens (including phenoxy) is 2. The minimum Gasteiger partial charge on any atom is -0.495 e. The highest BCUT2D eigenvalue weighted by Crippen LogP contribution is 2.33. The van der Waals surface area contributed by atoms with Crippen molar-refractivity contribution in [3.05, 3.63) is 48.5 Å². The molecule has 182 valence electrons. The van der Waals surface area contributed by atoms with Gasteiger partial charge in [0.05, 0.1) is 25.7 Å². The summed E-state index contributed by atoms with van der Waals surface area (Å²) in [5.74, 6) is 3.11. The number of rotatable bonds is 7. The maximum absolute atomic E-state index is 12.9. The number of nitrogens with zero attached hydrogens (tertiary/aromatic N) is 5. The fourth-order valence-corrected chi connectivity index (χ4v) is 5.08. The van der Waals surface area contributed by atoms with Gasteiger partial charge in [-0.15, -0.1) is 10.2 Å². The molecule has 35 heavy (non-hydrogen) atoms. The van der Waals surface area contributed by atoms with E-state index >= 15 is 0 Å². The molecule has 0 unspecified atom stereocenters. The van der Waals surface area contributed by atoms with Crippen molar-refractivity contribution in [1.29, 1.82) is 0 Å². The largest absolute Gasteiger partial charge is 0.495 e. The highest BCUT2D eigenvalue weighted by Gasteiger charge is 2.24. The Kier molecular flexibility index (Phi) is 6.54. The van der Waals surface area contributed by atoms with Crippen molar-refractivity contribution in [2.45, 2.75) is 5.16 Å². The van der Waals surface area contributed by atoms with Crippen LogP contribution in [0.25, 0.3) is 22.6 Å². The molecule has 2 aromatic carbocycles. The third-order valence-corrected chi connectivity index (χ3v) is 7.17. The number of piperazine rings is 1. The highest BCUT2D eigenvalue weighted by atomic mass is 32.2. The van der Waals surface area contributed by atoms with Crippen LogP contribution in [0.5, 0.6) is 11.5 Å². The van der Waals surface area contributed by atoms with E-state index in [9.17, 15) is 4.79 Å². The van der Waals surface area contributed by atoms with Crippen LogP contribution in [0.3, 0.4) is 0 Å². The Morgan fingerprint density at radius 2 is 1.74 bits per heavy atom. The minimum atomic E-state index is 0.0905. The van der Waals surface area contributed by atoms with Gasteiger partial charge in [-0.05, 0) is 24.3 Å². The van der Waals surface area contributed by atoms with Gasteiger partial charge in [0.25, 0.3) is 0 Å². The van der Waals surface area contributed by atoms with E-state index in [4.69, 9.17) is 13.9 Å². The maximum atomic E-state index is 12.9. The second-order valence-corrected chi connectivity index (χ2v) is 9.13. The van der Waals surface area contributed by atoms with Gasteiger partial charge < -0.3 is 28.3 Å². The van der Waals surface area contributed by atoms with E-state index in [0.29, 0.717) is 46.9 Å². The Labute approximate surface area is 207 Å². The molecule has 0 spiro atoms. The molecule has 3 heterocycles. The molecule has 1 fully saturated rings. The fourth-order valence-electron chi connectivity index (χ4n) is 4.27. The first kappa shape index (κ1) is 23.1. The van der Waals surface area contributed by atoms with Crippen molar-refractivity contribution in [2.75, 3.05) is 51.1 Å². The van der Waals surface area contributed by atoms with Gasteiger partial charge in [-0.3, -0.25) is 4.79 Å². The summed E-state index contributed by atoms with van der Waals surface area (Å²) in [4.78, 5) is 17.0. The number of hydrogen-bond donors (Lipinski definition) is 0. The lowest BCUT2D eigenvalue weighted by molar-refractivity contribution is -0.128. The fraction of sp³-hybridized carbons (Fsp3) is 0.320. The molecular formula is C25H27N5O4S. The Morgan fingerprint density at radius 3 is 2.51 bits per heavy atom. The van der Waals surface area contributed by atoms with Crippen molar-refractivity contribution in [3.8, 4) is 23.1 Å². The number of benzene rings is 2. The van der Waals surface area contributed by atoms with Crippen LogP contribution in [0.2, 0.25) is 0 Å². The smallest absolute Gasteiger partial charge is 0.233 e. The second-order valence-electron chi connectivity index (χ2n) is 8.18. The molecular weight excluding hydrogens is 466 g/mol. The number of para-hydroxylation sites is 3. The van der Waals surface area contributed by atoms with E-state index in [0.717, 1.165) is 29.9 Å². The number of aromatic nitrogens is 3. The van der Waals surface area contributed by atoms with Gasteiger partial charge in [0.15, 0.2) is 28.1 Å². The van der Waals surface area contributed by atoms with Crippen LogP contribution < -0.4 is 14.4 Å². The Hall–Kier alpha value is -3.66. The summed E-state index contributed by atoms with van der Waals surface area (Å²) in [7, 11) is 5.17. The molecule has 0 aliphatic carbocycles. The number of carbonyl (C=O) groups is 1. The predicted molar refractivity (Wildman–Crippen MR) is 135 cm³/mol. The van der Waals surface area contributed by atoms with Gasteiger partial charge in [-0.25, -0.2) is 0 Å². The third-order valence-electron chi connectivity index (χ3n) is 6.17. The number of thioether (sulfide) groups is 1. The van der Waals surface area contributed by atoms with E-state index in [1.54, 1.807) is 14.2 Å². The van der Waals surface area contributed by atoms with Gasteiger partial charge in [0.2, 0.25) is 5.91 Å². The lowest BCUT2D eigenvalue weighted by Crippen LogP contribution is -2.49. The SMILES string of the molecule is COc1ccccc1N1CCN(C(=O)CSc2nnc(-c3cc4cccc(OC)c4o3)n2C)CC1. The van der Waals surface area contributed by atoms with Gasteiger partial charge >= 0.3 is 0 Å². The summed E-state index contributed by atoms with van der Waals surface area (Å²) < 4.78 is 18.7. The standard InChI is InChI=1S/C25H27N5O4S/c1-28-24(21-15-17-7-6-10-20(33-3)23(17)34-21)26-27-25(28)35-16-22(31)30-13-11-29(12-14-30)18-8-4-5-9-19(18)32-2/h4-10,15H,11-14,16H2,1-3H3. The second kappa shape index (κ2) is 9.91. The number of hydrogen-bond acceptors (Lipinski definition) is 8. The summed E-state index contributed by atoms with van der Waals surface area (Å²) in [6, 6.07) is 15.6. The molecule has 0 N–H and O–H groups in total. The number of amides is 1. The average Bonchev–Trinajstić information content (AvgIpc) is 3.50. The van der Waals surface area contributed by atoms with Crippen LogP contribution >= 0.6 is 11.8 Å². The summed E-state index contributed by atoms with van der Waals surface area (Å²) in [6.45, 7) is 2.87. The van der Waals surface area contributed by atoms with Crippen molar-refractivity contribution in [3.63, 3.8) is 0 Å². The van der Waals surface area contributed by atoms with E-state index in [1.807, 2.05) is 59.0 Å². The monoisotopic (exact) mass is 493 g/mol. The average molecular weight is 494 g/mol. The normalized spacial score (nSPS) is 13.9. The number of furan rings is 1. The van der Waals surface area contributed by atoms with Crippen LogP contribution in [0.15, 0.2) is 58.1 Å². The highest BCUT2D eigenvalue weighted by molar-refractivity contribution is 7.99. The Balaban J connectivity index is 1.21. The zero-order chi connectivity index (χ0) is 24.4. The van der Waals surface area contributed by atoms with Gasteiger partial charge in [0.1, 0.15) is 5.75 Å². The number of methoxy groups -OCH3 is 2. The van der Waals surface area contributed by atoms with E-state index < -0.39 is 0 Å². The maximum Gasteiger partial charge on any atom is 0.233 e. The summed E-state index contributed by atoms with van der Waals surface area (Å²) in [6.07, 6.45) is 0. The molecule has 2 aromatic heterocycles. The predicted octanol–water partition coefficient (Wildman–Crippen LogP) is 3.69. The minimum absolute atomic E-state index is 0.0905. The molecule has 4 aromatic rings. The number of fused-ring (bicyclic) bond motifs is 1. The van der Waals surface area contributed by atoms with E-state index in [-0.39, 0.29) is 5.91 Å². The zero-order valence-electron chi connectivity index (χ0n) is 19.9. The van der Waals surface area contributed by atoms with E-state index in [2.05, 4.69) is 21.2 Å². The lowest BCUT2D eigenvalue weighted by Gasteiger charge is -2.36. The summed E-state index contributed by atoms with van der Waals surface area (Å²) >= 11 is 1.38. The topological polar surface area (TPSA) is 85.9 Å². The molecule has 1 saturated heterocycles. The number of carbonyl (C=O) groups excluding carboxylic acids is 1. The molecule has 1 aliphatic rings. The van der Waals surface area contributed by atoms with Gasteiger partial charge in [-0.2, -0.15) is 0 Å². The first-order valence-corrected chi connectivity index (χ1v) is 12.3. The quantitative estimate of drug-likeness (QED) is 0.361. The first-order valence-electron chi connectivity index (χ1n) is 11.3. The molecule has 10 heteroatoms.